The lowest BCUT2D eigenvalue weighted by Gasteiger charge is -2.31. The molecule has 0 saturated carbocycles. The molecule has 5 aromatic rings. The zero-order chi connectivity index (χ0) is 40.2. The molecule has 2 aromatic heterocycles. The normalized spacial score (nSPS) is 20.5. The van der Waals surface area contributed by atoms with Gasteiger partial charge < -0.3 is 38.9 Å². The van der Waals surface area contributed by atoms with Gasteiger partial charge in [0.25, 0.3) is 0 Å². The number of aromatic amines is 2. The molecule has 8 rings (SSSR count). The number of benzene rings is 3. The Labute approximate surface area is 332 Å². The molecule has 5 heterocycles. The van der Waals surface area contributed by atoms with E-state index in [9.17, 15) is 14.7 Å². The molecule has 2 amide bonds. The molecule has 4 N–H and O–H groups in total. The summed E-state index contributed by atoms with van der Waals surface area (Å²) < 4.78 is 22.6. The quantitative estimate of drug-likeness (QED) is 0.111. The third-order valence-corrected chi connectivity index (χ3v) is 11.3. The summed E-state index contributed by atoms with van der Waals surface area (Å²) in [4.78, 5) is 47.5. The first-order valence-corrected chi connectivity index (χ1v) is 19.9. The van der Waals surface area contributed by atoms with Crippen LogP contribution in [0.4, 0.5) is 4.79 Å². The first kappa shape index (κ1) is 38.8. The monoisotopic (exact) mass is 779 g/mol. The largest absolute Gasteiger partial charge is 0.488 e. The van der Waals surface area contributed by atoms with Gasteiger partial charge in [0.15, 0.2) is 0 Å². The minimum absolute atomic E-state index is 0.0501. The Bertz CT molecular complexity index is 2290. The van der Waals surface area contributed by atoms with Crippen molar-refractivity contribution in [3.63, 3.8) is 0 Å². The molecule has 3 aromatic carbocycles. The van der Waals surface area contributed by atoms with Crippen LogP contribution in [0.2, 0.25) is 0 Å². The number of H-pyrrole nitrogens is 2. The SMILES string of the molecule is COCC1CC(c2nc3c(ccc4cc5c(cc43)OCc3cc(-c4cnc(C6CCCN6C(=O)C(NC(O)OC)C(C)C)[nH]4)ccc3-5)[nH]2)N(C(=O)OC(C)(C)C)C1. The van der Waals surface area contributed by atoms with Gasteiger partial charge in [-0.2, -0.15) is 0 Å². The van der Waals surface area contributed by atoms with E-state index in [1.807, 2.05) is 51.8 Å². The summed E-state index contributed by atoms with van der Waals surface area (Å²) in [5.74, 6) is 2.30. The van der Waals surface area contributed by atoms with E-state index in [2.05, 4.69) is 51.7 Å². The minimum Gasteiger partial charge on any atom is -0.488 e. The fourth-order valence-corrected chi connectivity index (χ4v) is 8.61. The Hall–Kier alpha value is -5.02. The maximum Gasteiger partial charge on any atom is 0.410 e. The molecule has 14 heteroatoms. The van der Waals surface area contributed by atoms with Crippen LogP contribution in [0.1, 0.15) is 83.2 Å². The van der Waals surface area contributed by atoms with Crippen molar-refractivity contribution in [3.8, 4) is 28.1 Å². The Morgan fingerprint density at radius 1 is 1.04 bits per heavy atom. The zero-order valence-corrected chi connectivity index (χ0v) is 33.7. The van der Waals surface area contributed by atoms with Gasteiger partial charge in [-0.25, -0.2) is 14.8 Å². The summed E-state index contributed by atoms with van der Waals surface area (Å²) >= 11 is 0. The summed E-state index contributed by atoms with van der Waals surface area (Å²) in [6, 6.07) is 13.7. The van der Waals surface area contributed by atoms with E-state index in [0.29, 0.717) is 26.3 Å². The van der Waals surface area contributed by atoms with Crippen molar-refractivity contribution >= 4 is 33.8 Å². The Morgan fingerprint density at radius 2 is 1.86 bits per heavy atom. The highest BCUT2D eigenvalue weighted by molar-refractivity contribution is 6.07. The number of imidazole rings is 2. The number of hydrogen-bond acceptors (Lipinski definition) is 10. The lowest BCUT2D eigenvalue weighted by Crippen LogP contribution is -2.52. The van der Waals surface area contributed by atoms with Gasteiger partial charge in [0.05, 0.1) is 47.7 Å². The number of ether oxygens (including phenoxy) is 4. The molecular formula is C43H53N7O7. The topological polar surface area (TPSA) is 167 Å². The Morgan fingerprint density at radius 3 is 2.61 bits per heavy atom. The highest BCUT2D eigenvalue weighted by atomic mass is 16.6. The van der Waals surface area contributed by atoms with Crippen molar-refractivity contribution in [1.82, 2.24) is 35.1 Å². The van der Waals surface area contributed by atoms with E-state index < -0.39 is 18.1 Å². The van der Waals surface area contributed by atoms with E-state index in [-0.39, 0.29) is 35.9 Å². The number of rotatable bonds is 10. The number of fused-ring (bicyclic) bond motifs is 6. The standard InChI is InChI=1S/C43H53N7O7/c1-23(2)36(48-41(52)55-7)40(51)49-14-8-9-33(49)38-44-19-32(46-38)26-10-12-28-27(16-26)22-56-35-18-29-25(17-30(28)35)11-13-31-37(29)47-39(45-31)34-15-24(21-54-6)20-50(34)42(53)57-43(3,4)5/h10-13,16-19,23-24,33-34,36,41,48,52H,8-9,14-15,20-22H2,1-7H3,(H,44,46)(H,45,47). The molecule has 3 aliphatic rings. The van der Waals surface area contributed by atoms with Gasteiger partial charge in [0, 0.05) is 44.2 Å². The van der Waals surface area contributed by atoms with Gasteiger partial charge in [0.1, 0.15) is 29.6 Å². The van der Waals surface area contributed by atoms with Crippen molar-refractivity contribution < 1.29 is 33.6 Å². The first-order chi connectivity index (χ1) is 27.3. The number of aromatic nitrogens is 4. The number of aliphatic hydroxyl groups is 1. The Balaban J connectivity index is 1.04. The number of hydrogen-bond donors (Lipinski definition) is 4. The molecule has 5 unspecified atom stereocenters. The third-order valence-electron chi connectivity index (χ3n) is 11.3. The van der Waals surface area contributed by atoms with Crippen LogP contribution in [-0.2, 0) is 25.6 Å². The molecule has 3 aliphatic heterocycles. The van der Waals surface area contributed by atoms with Gasteiger partial charge in [0.2, 0.25) is 12.3 Å². The van der Waals surface area contributed by atoms with Crippen LogP contribution in [0, 0.1) is 11.8 Å². The van der Waals surface area contributed by atoms with Gasteiger partial charge in [-0.3, -0.25) is 15.0 Å². The van der Waals surface area contributed by atoms with E-state index in [1.165, 1.54) is 7.11 Å². The molecule has 5 atom stereocenters. The number of carbonyl (C=O) groups excluding carboxylic acids is 2. The lowest BCUT2D eigenvalue weighted by molar-refractivity contribution is -0.145. The summed E-state index contributed by atoms with van der Waals surface area (Å²) in [6.07, 6.45) is 2.63. The maximum absolute atomic E-state index is 13.7. The van der Waals surface area contributed by atoms with Crippen LogP contribution in [0.25, 0.3) is 44.2 Å². The van der Waals surface area contributed by atoms with Crippen molar-refractivity contribution in [2.45, 2.75) is 90.6 Å². The van der Waals surface area contributed by atoms with Crippen LogP contribution >= 0.6 is 0 Å². The van der Waals surface area contributed by atoms with Crippen LogP contribution in [-0.4, -0.2) is 98.8 Å². The predicted molar refractivity (Wildman–Crippen MR) is 215 cm³/mol. The van der Waals surface area contributed by atoms with Crippen molar-refractivity contribution in [1.29, 1.82) is 0 Å². The number of aliphatic hydroxyl groups excluding tert-OH is 1. The third kappa shape index (κ3) is 7.59. The highest BCUT2D eigenvalue weighted by Gasteiger charge is 2.41. The van der Waals surface area contributed by atoms with Crippen molar-refractivity contribution in [2.75, 3.05) is 33.9 Å². The van der Waals surface area contributed by atoms with Gasteiger partial charge >= 0.3 is 6.09 Å². The second kappa shape index (κ2) is 15.4. The second-order valence-electron chi connectivity index (χ2n) is 16.9. The van der Waals surface area contributed by atoms with Crippen molar-refractivity contribution in [2.24, 2.45) is 11.8 Å². The number of carbonyl (C=O) groups is 2. The Kier molecular flexibility index (Phi) is 10.5. The summed E-state index contributed by atoms with van der Waals surface area (Å²) in [5.41, 5.74) is 6.13. The minimum atomic E-state index is -1.23. The van der Waals surface area contributed by atoms with E-state index in [0.717, 1.165) is 86.4 Å². The molecule has 57 heavy (non-hydrogen) atoms. The van der Waals surface area contributed by atoms with Gasteiger partial charge in [-0.1, -0.05) is 32.0 Å². The van der Waals surface area contributed by atoms with Crippen molar-refractivity contribution in [3.05, 3.63) is 65.9 Å². The molecule has 0 aliphatic carbocycles. The fraction of sp³-hybridized carbons (Fsp3) is 0.488. The zero-order valence-electron chi connectivity index (χ0n) is 33.7. The van der Waals surface area contributed by atoms with E-state index in [4.69, 9.17) is 28.9 Å². The highest BCUT2D eigenvalue weighted by Crippen LogP contribution is 2.44. The van der Waals surface area contributed by atoms with Crippen LogP contribution in [0.5, 0.6) is 5.75 Å². The van der Waals surface area contributed by atoms with E-state index >= 15 is 0 Å². The lowest BCUT2D eigenvalue weighted by atomic mass is 9.92. The second-order valence-corrected chi connectivity index (χ2v) is 16.9. The van der Waals surface area contributed by atoms with Crippen LogP contribution in [0.15, 0.2) is 48.7 Å². The number of methoxy groups -OCH3 is 2. The van der Waals surface area contributed by atoms with E-state index in [1.54, 1.807) is 12.0 Å². The molecule has 0 bridgehead atoms. The molecule has 2 fully saturated rings. The summed E-state index contributed by atoms with van der Waals surface area (Å²) in [7, 11) is 3.08. The summed E-state index contributed by atoms with van der Waals surface area (Å²) in [6.45, 7) is 11.6. The smallest absolute Gasteiger partial charge is 0.410 e. The van der Waals surface area contributed by atoms with Gasteiger partial charge in [-0.05, 0) is 92.3 Å². The van der Waals surface area contributed by atoms with Crippen LogP contribution < -0.4 is 10.1 Å². The number of nitrogens with zero attached hydrogens (tertiary/aromatic N) is 4. The number of nitrogens with one attached hydrogen (secondary N) is 3. The first-order valence-electron chi connectivity index (χ1n) is 19.9. The molecule has 14 nitrogen and oxygen atoms in total. The predicted octanol–water partition coefficient (Wildman–Crippen LogP) is 6.81. The summed E-state index contributed by atoms with van der Waals surface area (Å²) in [5, 5.41) is 15.0. The average molecular weight is 780 g/mol. The van der Waals surface area contributed by atoms with Crippen LogP contribution in [0.3, 0.4) is 0 Å². The maximum atomic E-state index is 13.7. The van der Waals surface area contributed by atoms with Gasteiger partial charge in [-0.15, -0.1) is 0 Å². The molecular weight excluding hydrogens is 727 g/mol. The molecule has 2 saturated heterocycles. The molecule has 0 spiro atoms. The number of likely N-dealkylation sites (tertiary alicyclic amines) is 2. The fourth-order valence-electron chi connectivity index (χ4n) is 8.61. The molecule has 302 valence electrons. The average Bonchev–Trinajstić information content (AvgIpc) is 4.01. The number of amides is 2. The molecule has 0 radical (unpaired) electrons.